The first-order chi connectivity index (χ1) is 10.7. The summed E-state index contributed by atoms with van der Waals surface area (Å²) in [5.41, 5.74) is 0. The summed E-state index contributed by atoms with van der Waals surface area (Å²) < 4.78 is 37.1. The number of hydrogen-bond donors (Lipinski definition) is 2. The Morgan fingerprint density at radius 2 is 2.04 bits per heavy atom. The average Bonchev–Trinajstić information content (AvgIpc) is 2.91. The molecule has 23 heavy (non-hydrogen) atoms. The van der Waals surface area contributed by atoms with Gasteiger partial charge in [0, 0.05) is 12.2 Å². The molecular formula is C13H19F3N2O4S. The standard InChI is InChI=1S/C13H19F3N2O4S/c1-2-3-4-10(19)18-7-23-6-9(18)11(20)17-8(12(21)22)5-13(14,15)16/h8-9H,2-7H2,1H3,(H,17,20)(H,21,22). The summed E-state index contributed by atoms with van der Waals surface area (Å²) in [5, 5.41) is 10.7. The molecule has 1 heterocycles. The zero-order chi connectivity index (χ0) is 17.6. The number of carbonyl (C=O) groups is 3. The third kappa shape index (κ3) is 6.28. The second-order valence-corrected chi connectivity index (χ2v) is 6.20. The molecule has 0 saturated carbocycles. The van der Waals surface area contributed by atoms with Crippen molar-refractivity contribution >= 4 is 29.5 Å². The number of alkyl halides is 3. The molecule has 0 aliphatic carbocycles. The number of hydrogen-bond acceptors (Lipinski definition) is 4. The number of carboxylic acid groups (broad SMARTS) is 1. The van der Waals surface area contributed by atoms with Crippen molar-refractivity contribution in [2.75, 3.05) is 11.6 Å². The van der Waals surface area contributed by atoms with Gasteiger partial charge >= 0.3 is 12.1 Å². The first kappa shape index (κ1) is 19.6. The van der Waals surface area contributed by atoms with Gasteiger partial charge in [0.15, 0.2) is 0 Å². The predicted octanol–water partition coefficient (Wildman–Crippen LogP) is 1.60. The number of nitrogens with one attached hydrogen (secondary N) is 1. The fourth-order valence-electron chi connectivity index (χ4n) is 2.08. The van der Waals surface area contributed by atoms with Crippen LogP contribution in [-0.4, -0.2) is 57.7 Å². The highest BCUT2D eigenvalue weighted by molar-refractivity contribution is 7.99. The quantitative estimate of drug-likeness (QED) is 0.724. The van der Waals surface area contributed by atoms with E-state index in [0.29, 0.717) is 6.42 Å². The molecule has 2 unspecified atom stereocenters. The molecule has 0 aromatic rings. The van der Waals surface area contributed by atoms with Crippen LogP contribution >= 0.6 is 11.8 Å². The third-order valence-corrected chi connectivity index (χ3v) is 4.31. The molecule has 2 atom stereocenters. The van der Waals surface area contributed by atoms with E-state index in [2.05, 4.69) is 0 Å². The number of thioether (sulfide) groups is 1. The van der Waals surface area contributed by atoms with Gasteiger partial charge in [-0.2, -0.15) is 13.2 Å². The van der Waals surface area contributed by atoms with Gasteiger partial charge in [-0.3, -0.25) is 9.59 Å². The van der Waals surface area contributed by atoms with E-state index in [9.17, 15) is 27.6 Å². The van der Waals surface area contributed by atoms with E-state index in [1.165, 1.54) is 16.7 Å². The fraction of sp³-hybridized carbons (Fsp3) is 0.769. The van der Waals surface area contributed by atoms with Gasteiger partial charge < -0.3 is 15.3 Å². The second-order valence-electron chi connectivity index (χ2n) is 5.20. The third-order valence-electron chi connectivity index (χ3n) is 3.30. The maximum atomic E-state index is 12.4. The molecule has 0 aromatic heterocycles. The Morgan fingerprint density at radius 3 is 2.57 bits per heavy atom. The Balaban J connectivity index is 2.70. The van der Waals surface area contributed by atoms with Crippen LogP contribution in [0.3, 0.4) is 0 Å². The molecule has 6 nitrogen and oxygen atoms in total. The number of carbonyl (C=O) groups excluding carboxylic acids is 2. The van der Waals surface area contributed by atoms with E-state index in [1.54, 1.807) is 0 Å². The van der Waals surface area contributed by atoms with Crippen molar-refractivity contribution in [3.63, 3.8) is 0 Å². The maximum absolute atomic E-state index is 12.4. The molecule has 2 N–H and O–H groups in total. The highest BCUT2D eigenvalue weighted by atomic mass is 32.2. The summed E-state index contributed by atoms with van der Waals surface area (Å²) in [7, 11) is 0. The zero-order valence-electron chi connectivity index (χ0n) is 12.6. The SMILES string of the molecule is CCCCC(=O)N1CSCC1C(=O)NC(CC(F)(F)F)C(=O)O. The van der Waals surface area contributed by atoms with Crippen LogP contribution in [0.5, 0.6) is 0 Å². The van der Waals surface area contributed by atoms with E-state index in [1.807, 2.05) is 12.2 Å². The fourth-order valence-corrected chi connectivity index (χ4v) is 3.26. The smallest absolute Gasteiger partial charge is 0.391 e. The summed E-state index contributed by atoms with van der Waals surface area (Å²) in [6.45, 7) is 1.91. The second kappa shape index (κ2) is 8.42. The van der Waals surface area contributed by atoms with Crippen LogP contribution in [0.1, 0.15) is 32.6 Å². The van der Waals surface area contributed by atoms with Crippen LogP contribution in [0.15, 0.2) is 0 Å². The Kier molecular flexibility index (Phi) is 7.17. The van der Waals surface area contributed by atoms with Gasteiger partial charge in [-0.05, 0) is 6.42 Å². The summed E-state index contributed by atoms with van der Waals surface area (Å²) in [4.78, 5) is 36.3. The van der Waals surface area contributed by atoms with Crippen molar-refractivity contribution in [2.24, 2.45) is 0 Å². The summed E-state index contributed by atoms with van der Waals surface area (Å²) >= 11 is 1.30. The number of aliphatic carboxylic acids is 1. The van der Waals surface area contributed by atoms with Crippen LogP contribution in [-0.2, 0) is 14.4 Å². The monoisotopic (exact) mass is 356 g/mol. The molecule has 1 aliphatic heterocycles. The van der Waals surface area contributed by atoms with Crippen LogP contribution in [0.25, 0.3) is 0 Å². The molecule has 0 bridgehead atoms. The van der Waals surface area contributed by atoms with E-state index in [-0.39, 0.29) is 24.0 Å². The van der Waals surface area contributed by atoms with Crippen molar-refractivity contribution in [1.82, 2.24) is 10.2 Å². The Labute approximate surface area is 135 Å². The molecule has 1 saturated heterocycles. The lowest BCUT2D eigenvalue weighted by Gasteiger charge is -2.25. The molecular weight excluding hydrogens is 337 g/mol. The first-order valence-electron chi connectivity index (χ1n) is 7.13. The Morgan fingerprint density at radius 1 is 1.39 bits per heavy atom. The van der Waals surface area contributed by atoms with E-state index >= 15 is 0 Å². The molecule has 0 aromatic carbocycles. The Hall–Kier alpha value is -1.45. The molecule has 1 aliphatic rings. The van der Waals surface area contributed by atoms with Crippen molar-refractivity contribution in [3.8, 4) is 0 Å². The Bertz CT molecular complexity index is 459. The van der Waals surface area contributed by atoms with Crippen molar-refractivity contribution in [1.29, 1.82) is 0 Å². The van der Waals surface area contributed by atoms with Crippen molar-refractivity contribution < 1.29 is 32.7 Å². The van der Waals surface area contributed by atoms with Gasteiger partial charge in [-0.1, -0.05) is 13.3 Å². The number of halogens is 3. The summed E-state index contributed by atoms with van der Waals surface area (Å²) in [5.74, 6) is -2.36. The lowest BCUT2D eigenvalue weighted by molar-refractivity contribution is -0.160. The molecule has 1 fully saturated rings. The van der Waals surface area contributed by atoms with Crippen LogP contribution in [0.2, 0.25) is 0 Å². The number of carboxylic acids is 1. The first-order valence-corrected chi connectivity index (χ1v) is 8.28. The van der Waals surface area contributed by atoms with Gasteiger partial charge in [0.05, 0.1) is 12.3 Å². The summed E-state index contributed by atoms with van der Waals surface area (Å²) in [6.07, 6.45) is -4.66. The van der Waals surface area contributed by atoms with E-state index in [4.69, 9.17) is 5.11 Å². The highest BCUT2D eigenvalue weighted by Gasteiger charge is 2.40. The minimum absolute atomic E-state index is 0.238. The predicted molar refractivity (Wildman–Crippen MR) is 77.7 cm³/mol. The van der Waals surface area contributed by atoms with Gasteiger partial charge in [0.1, 0.15) is 12.1 Å². The van der Waals surface area contributed by atoms with E-state index in [0.717, 1.165) is 6.42 Å². The molecule has 1 rings (SSSR count). The van der Waals surface area contributed by atoms with E-state index < -0.39 is 36.6 Å². The van der Waals surface area contributed by atoms with Crippen LogP contribution in [0, 0.1) is 0 Å². The number of nitrogens with zero attached hydrogens (tertiary/aromatic N) is 1. The van der Waals surface area contributed by atoms with Crippen molar-refractivity contribution in [2.45, 2.75) is 50.9 Å². The largest absolute Gasteiger partial charge is 0.480 e. The van der Waals surface area contributed by atoms with Crippen LogP contribution in [0.4, 0.5) is 13.2 Å². The summed E-state index contributed by atoms with van der Waals surface area (Å²) in [6, 6.07) is -2.99. The molecule has 10 heteroatoms. The van der Waals surface area contributed by atoms with Crippen molar-refractivity contribution in [3.05, 3.63) is 0 Å². The van der Waals surface area contributed by atoms with Gasteiger partial charge in [-0.25, -0.2) is 4.79 Å². The minimum Gasteiger partial charge on any atom is -0.480 e. The molecule has 0 spiro atoms. The highest BCUT2D eigenvalue weighted by Crippen LogP contribution is 2.24. The normalized spacial score (nSPS) is 19.5. The molecule has 0 radical (unpaired) electrons. The maximum Gasteiger partial charge on any atom is 0.391 e. The number of amides is 2. The van der Waals surface area contributed by atoms with Gasteiger partial charge in [0.2, 0.25) is 11.8 Å². The number of unbranched alkanes of at least 4 members (excludes halogenated alkanes) is 1. The lowest BCUT2D eigenvalue weighted by atomic mass is 10.1. The average molecular weight is 356 g/mol. The topological polar surface area (TPSA) is 86.7 Å². The van der Waals surface area contributed by atoms with Crippen LogP contribution < -0.4 is 5.32 Å². The molecule has 2 amide bonds. The van der Waals surface area contributed by atoms with Gasteiger partial charge in [-0.15, -0.1) is 11.8 Å². The van der Waals surface area contributed by atoms with Gasteiger partial charge in [0.25, 0.3) is 0 Å². The lowest BCUT2D eigenvalue weighted by Crippen LogP contribution is -2.52. The minimum atomic E-state index is -4.71. The molecule has 132 valence electrons. The number of rotatable bonds is 7. The zero-order valence-corrected chi connectivity index (χ0v) is 13.4.